The number of nitrogens with zero attached hydrogens (tertiary/aromatic N) is 1. The van der Waals surface area contributed by atoms with Gasteiger partial charge in [-0.1, -0.05) is 41.4 Å². The summed E-state index contributed by atoms with van der Waals surface area (Å²) >= 11 is 12.2. The van der Waals surface area contributed by atoms with Crippen molar-refractivity contribution in [2.45, 2.75) is 12.2 Å². The fraction of sp³-hybridized carbons (Fsp3) is 0.105. The normalized spacial score (nSPS) is 16.7. The van der Waals surface area contributed by atoms with Crippen molar-refractivity contribution in [2.24, 2.45) is 0 Å². The number of alkyl halides is 3. The van der Waals surface area contributed by atoms with Gasteiger partial charge in [-0.05, 0) is 35.4 Å². The summed E-state index contributed by atoms with van der Waals surface area (Å²) < 4.78 is 41.9. The zero-order chi connectivity index (χ0) is 18.6. The van der Waals surface area contributed by atoms with Crippen molar-refractivity contribution in [1.29, 1.82) is 0 Å². The summed E-state index contributed by atoms with van der Waals surface area (Å²) in [4.78, 5) is 11.7. The van der Waals surface area contributed by atoms with Crippen LogP contribution in [0.1, 0.15) is 22.7 Å². The van der Waals surface area contributed by atoms with E-state index in [1.54, 1.807) is 34.9 Å². The van der Waals surface area contributed by atoms with Crippen molar-refractivity contribution in [3.63, 3.8) is 0 Å². The minimum atomic E-state index is -4.53. The van der Waals surface area contributed by atoms with Gasteiger partial charge in [0.25, 0.3) is 0 Å². The molecule has 0 aliphatic carbocycles. The summed E-state index contributed by atoms with van der Waals surface area (Å²) in [6, 6.07) is 8.61. The Morgan fingerprint density at radius 2 is 1.88 bits per heavy atom. The molecule has 0 N–H and O–H groups in total. The molecule has 0 saturated carbocycles. The molecular formula is C19H10Cl2F3NO. The molecule has 0 spiro atoms. The van der Waals surface area contributed by atoms with E-state index in [4.69, 9.17) is 23.2 Å². The van der Waals surface area contributed by atoms with Gasteiger partial charge in [0.2, 0.25) is 0 Å². The van der Waals surface area contributed by atoms with Gasteiger partial charge in [-0.25, -0.2) is 0 Å². The monoisotopic (exact) mass is 395 g/mol. The average Bonchev–Trinajstić information content (AvgIpc) is 2.92. The summed E-state index contributed by atoms with van der Waals surface area (Å²) in [5.74, 6) is 0. The molecule has 0 fully saturated rings. The minimum Gasteiger partial charge on any atom is -0.334 e. The van der Waals surface area contributed by atoms with Crippen LogP contribution in [0.2, 0.25) is 10.0 Å². The van der Waals surface area contributed by atoms with Gasteiger partial charge >= 0.3 is 6.18 Å². The number of hydrogen-bond donors (Lipinski definition) is 0. The van der Waals surface area contributed by atoms with Crippen LogP contribution in [0, 0.1) is 0 Å². The highest BCUT2D eigenvalue weighted by Gasteiger charge is 2.36. The first-order valence-corrected chi connectivity index (χ1v) is 8.39. The third-order valence-electron chi connectivity index (χ3n) is 4.48. The average molecular weight is 396 g/mol. The van der Waals surface area contributed by atoms with Gasteiger partial charge in [-0.3, -0.25) is 4.79 Å². The van der Waals surface area contributed by atoms with Crippen molar-refractivity contribution < 1.29 is 18.0 Å². The van der Waals surface area contributed by atoms with Crippen molar-refractivity contribution in [2.75, 3.05) is 0 Å². The third kappa shape index (κ3) is 2.54. The SMILES string of the molecule is O=CC1=Cc2ccc(C(F)(F)F)c3c(Cl)cn(c23)[C@@H]1c1cccc(Cl)c1. The molecule has 26 heavy (non-hydrogen) atoms. The van der Waals surface area contributed by atoms with E-state index in [1.807, 2.05) is 0 Å². The Bertz CT molecular complexity index is 1080. The van der Waals surface area contributed by atoms with E-state index in [2.05, 4.69) is 0 Å². The number of carbonyl (C=O) groups excluding carboxylic acids is 1. The molecule has 7 heteroatoms. The highest BCUT2D eigenvalue weighted by Crippen LogP contribution is 2.45. The number of benzene rings is 2. The molecule has 0 unspecified atom stereocenters. The van der Waals surface area contributed by atoms with Gasteiger partial charge in [0.15, 0.2) is 0 Å². The van der Waals surface area contributed by atoms with Crippen LogP contribution < -0.4 is 0 Å². The Morgan fingerprint density at radius 1 is 1.12 bits per heavy atom. The molecule has 2 heterocycles. The zero-order valence-electron chi connectivity index (χ0n) is 13.0. The molecule has 1 aliphatic heterocycles. The molecule has 1 aliphatic rings. The van der Waals surface area contributed by atoms with Gasteiger partial charge < -0.3 is 4.57 Å². The van der Waals surface area contributed by atoms with Crippen molar-refractivity contribution >= 4 is 46.5 Å². The van der Waals surface area contributed by atoms with E-state index >= 15 is 0 Å². The van der Waals surface area contributed by atoms with E-state index in [-0.39, 0.29) is 10.4 Å². The Hall–Kier alpha value is -2.24. The predicted molar refractivity (Wildman–Crippen MR) is 95.6 cm³/mol. The Balaban J connectivity index is 2.07. The number of rotatable bonds is 2. The lowest BCUT2D eigenvalue weighted by molar-refractivity contribution is -0.136. The smallest absolute Gasteiger partial charge is 0.334 e. The maximum atomic E-state index is 13.4. The van der Waals surface area contributed by atoms with Gasteiger partial charge in [0.1, 0.15) is 6.29 Å². The number of aldehydes is 1. The second kappa shape index (κ2) is 5.89. The number of halogens is 5. The Morgan fingerprint density at radius 3 is 2.54 bits per heavy atom. The molecule has 132 valence electrons. The maximum absolute atomic E-state index is 13.4. The van der Waals surface area contributed by atoms with Crippen molar-refractivity contribution in [1.82, 2.24) is 4.57 Å². The van der Waals surface area contributed by atoms with Crippen molar-refractivity contribution in [3.8, 4) is 0 Å². The summed E-state index contributed by atoms with van der Waals surface area (Å²) in [7, 11) is 0. The lowest BCUT2D eigenvalue weighted by atomic mass is 9.92. The molecule has 0 bridgehead atoms. The fourth-order valence-corrected chi connectivity index (χ4v) is 3.98. The quantitative estimate of drug-likeness (QED) is 0.476. The summed E-state index contributed by atoms with van der Waals surface area (Å²) in [5.41, 5.74) is 1.16. The van der Waals surface area contributed by atoms with Gasteiger partial charge in [-0.2, -0.15) is 13.2 Å². The summed E-state index contributed by atoms with van der Waals surface area (Å²) in [6.07, 6.45) is -0.801. The highest BCUT2D eigenvalue weighted by atomic mass is 35.5. The predicted octanol–water partition coefficient (Wildman–Crippen LogP) is 6.15. The molecule has 0 amide bonds. The van der Waals surface area contributed by atoms with E-state index in [0.29, 0.717) is 33.5 Å². The molecule has 0 radical (unpaired) electrons. The molecule has 2 aromatic carbocycles. The van der Waals surface area contributed by atoms with Crippen LogP contribution in [0.25, 0.3) is 17.0 Å². The summed E-state index contributed by atoms with van der Waals surface area (Å²) in [6.45, 7) is 0. The van der Waals surface area contributed by atoms with Gasteiger partial charge in [0.05, 0.1) is 22.1 Å². The first-order chi connectivity index (χ1) is 12.3. The van der Waals surface area contributed by atoms with Crippen LogP contribution in [0.3, 0.4) is 0 Å². The minimum absolute atomic E-state index is 0.0123. The molecule has 2 nitrogen and oxygen atoms in total. The number of aromatic nitrogens is 1. The first kappa shape index (κ1) is 17.2. The van der Waals surface area contributed by atoms with Crippen LogP contribution in [-0.2, 0) is 11.0 Å². The second-order valence-electron chi connectivity index (χ2n) is 6.03. The van der Waals surface area contributed by atoms with Crippen LogP contribution in [0.4, 0.5) is 13.2 Å². The molecule has 3 aromatic rings. The molecular weight excluding hydrogens is 386 g/mol. The fourth-order valence-electron chi connectivity index (χ4n) is 3.48. The molecule has 1 atom stereocenters. The van der Waals surface area contributed by atoms with Crippen LogP contribution >= 0.6 is 23.2 Å². The van der Waals surface area contributed by atoms with Gasteiger partial charge in [-0.15, -0.1) is 0 Å². The number of allylic oxidation sites excluding steroid dienone is 1. The van der Waals surface area contributed by atoms with E-state index in [0.717, 1.165) is 6.07 Å². The van der Waals surface area contributed by atoms with Crippen LogP contribution in [0.15, 0.2) is 48.2 Å². The van der Waals surface area contributed by atoms with Crippen LogP contribution in [0.5, 0.6) is 0 Å². The largest absolute Gasteiger partial charge is 0.417 e. The molecule has 0 saturated heterocycles. The topological polar surface area (TPSA) is 22.0 Å². The standard InChI is InChI=1S/C19H10Cl2F3NO/c20-13-3-1-2-10(7-13)17-12(9-26)6-11-4-5-14(19(22,23)24)16-15(21)8-25(17)18(11)16/h1-9,17H/t17-/m1/s1. The van der Waals surface area contributed by atoms with Crippen molar-refractivity contribution in [3.05, 3.63) is 74.9 Å². The third-order valence-corrected chi connectivity index (χ3v) is 5.00. The Labute approximate surface area is 156 Å². The first-order valence-electron chi connectivity index (χ1n) is 7.63. The highest BCUT2D eigenvalue weighted by molar-refractivity contribution is 6.36. The number of hydrogen-bond acceptors (Lipinski definition) is 1. The second-order valence-corrected chi connectivity index (χ2v) is 6.87. The van der Waals surface area contributed by atoms with E-state index < -0.39 is 17.8 Å². The Kier molecular flexibility index (Phi) is 3.90. The molecule has 4 rings (SSSR count). The zero-order valence-corrected chi connectivity index (χ0v) is 14.5. The van der Waals surface area contributed by atoms with Gasteiger partial charge in [0, 0.05) is 22.2 Å². The number of carbonyl (C=O) groups is 1. The lowest BCUT2D eigenvalue weighted by Crippen LogP contribution is -2.17. The van der Waals surface area contributed by atoms with E-state index in [9.17, 15) is 18.0 Å². The molecule has 1 aromatic heterocycles. The van der Waals surface area contributed by atoms with E-state index in [1.165, 1.54) is 12.3 Å². The summed E-state index contributed by atoms with van der Waals surface area (Å²) in [5, 5.41) is 0.392. The van der Waals surface area contributed by atoms with Crippen LogP contribution in [-0.4, -0.2) is 10.9 Å². The maximum Gasteiger partial charge on any atom is 0.417 e. The lowest BCUT2D eigenvalue weighted by Gasteiger charge is -2.26.